The first kappa shape index (κ1) is 33.6. The molecule has 14 heteroatoms. The van der Waals surface area contributed by atoms with Gasteiger partial charge in [0, 0.05) is 9.79 Å². The van der Waals surface area contributed by atoms with E-state index in [2.05, 4.69) is 52.7 Å². The molecule has 0 atom stereocenters. The minimum atomic E-state index is -7.33. The second-order valence-electron chi connectivity index (χ2n) is 9.33. The topological polar surface area (TPSA) is 43.4 Å². The van der Waals surface area contributed by atoms with Gasteiger partial charge in [0.15, 0.2) is 0 Å². The highest BCUT2D eigenvalue weighted by Crippen LogP contribution is 2.55. The first-order chi connectivity index (χ1) is 19.5. The van der Waals surface area contributed by atoms with E-state index in [4.69, 9.17) is 0 Å². The highest BCUT2D eigenvalue weighted by Gasteiger charge is 2.86. The molecule has 0 aliphatic heterocycles. The molecule has 0 unspecified atom stereocenters. The van der Waals surface area contributed by atoms with Crippen LogP contribution in [-0.2, 0) is 10.1 Å². The summed E-state index contributed by atoms with van der Waals surface area (Å²) in [4.78, 5) is 2.57. The first-order valence-electron chi connectivity index (χ1n) is 12.5. The lowest BCUT2D eigenvalue weighted by molar-refractivity contribution is -0.382. The van der Waals surface area contributed by atoms with Gasteiger partial charge in [-0.2, -0.15) is 47.9 Å². The Hall–Kier alpha value is -2.87. The summed E-state index contributed by atoms with van der Waals surface area (Å²) >= 11 is 1.79. The van der Waals surface area contributed by atoms with Gasteiger partial charge in [-0.25, -0.2) is 0 Å². The normalized spacial score (nSPS) is 15.5. The zero-order chi connectivity index (χ0) is 31.2. The number of hydrogen-bond acceptors (Lipinski definition) is 4. The van der Waals surface area contributed by atoms with E-state index in [1.807, 2.05) is 12.1 Å². The van der Waals surface area contributed by atoms with Gasteiger partial charge in [0.1, 0.15) is 5.75 Å². The highest BCUT2D eigenvalue weighted by molar-refractivity contribution is 7.99. The average molecular weight is 645 g/mol. The Kier molecular flexibility index (Phi) is 10.6. The molecule has 0 aromatic heterocycles. The van der Waals surface area contributed by atoms with Crippen LogP contribution < -0.4 is 4.18 Å². The Morgan fingerprint density at radius 3 is 1.50 bits per heavy atom. The number of hydrogen-bond donors (Lipinski definition) is 0. The number of halogens is 9. The molecule has 42 heavy (non-hydrogen) atoms. The molecular weight excluding hydrogens is 619 g/mol. The molecule has 1 aliphatic carbocycles. The predicted molar refractivity (Wildman–Crippen MR) is 140 cm³/mol. The third-order valence-corrected chi connectivity index (χ3v) is 8.63. The summed E-state index contributed by atoms with van der Waals surface area (Å²) in [6.07, 6.45) is -2.60. The van der Waals surface area contributed by atoms with Crippen LogP contribution in [-0.4, -0.2) is 31.7 Å². The predicted octanol–water partition coefficient (Wildman–Crippen LogP) is 9.71. The van der Waals surface area contributed by atoms with E-state index in [0.717, 1.165) is 44.2 Å². The zero-order valence-corrected chi connectivity index (χ0v) is 23.3. The molecule has 4 rings (SSSR count). The number of benzene rings is 3. The smallest absolute Gasteiger partial charge is 0.378 e. The Morgan fingerprint density at radius 2 is 1.07 bits per heavy atom. The van der Waals surface area contributed by atoms with E-state index in [-0.39, 0.29) is 5.92 Å². The monoisotopic (exact) mass is 644 g/mol. The van der Waals surface area contributed by atoms with Crippen LogP contribution in [0.2, 0.25) is 0 Å². The fourth-order valence-electron chi connectivity index (χ4n) is 4.04. The van der Waals surface area contributed by atoms with Crippen molar-refractivity contribution in [3.8, 4) is 5.75 Å². The number of rotatable bonds is 8. The summed E-state index contributed by atoms with van der Waals surface area (Å²) in [6.45, 7) is 0. The molecule has 3 nitrogen and oxygen atoms in total. The fraction of sp³-hybridized carbons (Fsp3) is 0.357. The van der Waals surface area contributed by atoms with Crippen LogP contribution in [0, 0.1) is 0 Å². The van der Waals surface area contributed by atoms with Crippen molar-refractivity contribution in [3.05, 3.63) is 90.5 Å². The van der Waals surface area contributed by atoms with Crippen molar-refractivity contribution in [3.63, 3.8) is 0 Å². The van der Waals surface area contributed by atoms with Crippen LogP contribution in [0.15, 0.2) is 94.7 Å². The van der Waals surface area contributed by atoms with Crippen LogP contribution in [0.3, 0.4) is 0 Å². The molecule has 0 N–H and O–H groups in total. The summed E-state index contributed by atoms with van der Waals surface area (Å²) in [5.41, 5.74) is 0.690. The summed E-state index contributed by atoms with van der Waals surface area (Å²) in [5, 5.41) is -6.87. The lowest BCUT2D eigenvalue weighted by Crippen LogP contribution is -2.63. The van der Waals surface area contributed by atoms with Crippen molar-refractivity contribution in [1.82, 2.24) is 0 Å². The van der Waals surface area contributed by atoms with Crippen molar-refractivity contribution >= 4 is 21.9 Å². The molecule has 1 saturated carbocycles. The van der Waals surface area contributed by atoms with Crippen LogP contribution >= 0.6 is 11.8 Å². The van der Waals surface area contributed by atoms with E-state index >= 15 is 0 Å². The molecule has 0 amide bonds. The van der Waals surface area contributed by atoms with Crippen molar-refractivity contribution in [2.45, 2.75) is 71.1 Å². The molecule has 3 aromatic rings. The summed E-state index contributed by atoms with van der Waals surface area (Å²) in [6, 6.07) is 25.0. The van der Waals surface area contributed by atoms with Gasteiger partial charge in [0.2, 0.25) is 0 Å². The van der Waals surface area contributed by atoms with Crippen LogP contribution in [0.4, 0.5) is 39.5 Å². The maximum atomic E-state index is 13.6. The second kappa shape index (κ2) is 13.2. The van der Waals surface area contributed by atoms with Crippen molar-refractivity contribution < 1.29 is 52.1 Å². The van der Waals surface area contributed by atoms with E-state index in [9.17, 15) is 47.9 Å². The van der Waals surface area contributed by atoms with Gasteiger partial charge < -0.3 is 4.18 Å². The molecule has 3 aromatic carbocycles. The molecule has 0 bridgehead atoms. The lowest BCUT2D eigenvalue weighted by Gasteiger charge is -2.32. The largest absolute Gasteiger partial charge is 0.460 e. The van der Waals surface area contributed by atoms with Gasteiger partial charge in [-0.3, -0.25) is 0 Å². The van der Waals surface area contributed by atoms with E-state index in [1.165, 1.54) is 21.9 Å². The van der Waals surface area contributed by atoms with Crippen molar-refractivity contribution in [2.24, 2.45) is 0 Å². The highest BCUT2D eigenvalue weighted by atomic mass is 32.2. The third-order valence-electron chi connectivity index (χ3n) is 6.31. The second-order valence-corrected chi connectivity index (χ2v) is 12.1. The minimum absolute atomic E-state index is 0.102. The summed E-state index contributed by atoms with van der Waals surface area (Å²) in [5.74, 6) is -15.5. The molecule has 0 spiro atoms. The minimum Gasteiger partial charge on any atom is -0.378 e. The van der Waals surface area contributed by atoms with Crippen molar-refractivity contribution in [2.75, 3.05) is 0 Å². The van der Waals surface area contributed by atoms with Gasteiger partial charge in [0.05, 0.1) is 0 Å². The Bertz CT molecular complexity index is 1340. The van der Waals surface area contributed by atoms with E-state index < -0.39 is 39.1 Å². The summed E-state index contributed by atoms with van der Waals surface area (Å²) in [7, 11) is -6.92. The van der Waals surface area contributed by atoms with Gasteiger partial charge in [0.25, 0.3) is 0 Å². The maximum absolute atomic E-state index is 13.6. The fourth-order valence-corrected chi connectivity index (χ4v) is 5.81. The molecule has 0 radical (unpaired) electrons. The van der Waals surface area contributed by atoms with Gasteiger partial charge >= 0.3 is 33.4 Å². The quantitative estimate of drug-likeness (QED) is 0.181. The molecule has 230 valence electrons. The summed E-state index contributed by atoms with van der Waals surface area (Å²) < 4.78 is 143. The van der Waals surface area contributed by atoms with Gasteiger partial charge in [-0.15, -0.1) is 0 Å². The Labute approximate surface area is 241 Å². The molecular formula is C28H25F9O3S2. The molecule has 0 saturated heterocycles. The molecule has 1 aliphatic rings. The van der Waals surface area contributed by atoms with Crippen LogP contribution in [0.5, 0.6) is 5.75 Å². The van der Waals surface area contributed by atoms with E-state index in [1.54, 1.807) is 11.8 Å². The van der Waals surface area contributed by atoms with E-state index in [0.29, 0.717) is 5.56 Å². The lowest BCUT2D eigenvalue weighted by atomic mass is 9.84. The van der Waals surface area contributed by atoms with Gasteiger partial charge in [-0.1, -0.05) is 79.6 Å². The maximum Gasteiger partial charge on any atom is 0.460 e. The zero-order valence-electron chi connectivity index (χ0n) is 21.6. The first-order valence-corrected chi connectivity index (χ1v) is 14.7. The molecule has 0 heterocycles. The Morgan fingerprint density at radius 1 is 0.619 bits per heavy atom. The molecule has 1 fully saturated rings. The van der Waals surface area contributed by atoms with Crippen LogP contribution in [0.1, 0.15) is 43.6 Å². The average Bonchev–Trinajstić information content (AvgIpc) is 2.94. The number of alkyl halides is 9. The Balaban J connectivity index is 0.000000307. The van der Waals surface area contributed by atoms with Crippen LogP contribution in [0.25, 0.3) is 0 Å². The van der Waals surface area contributed by atoms with Gasteiger partial charge in [-0.05, 0) is 60.7 Å². The third kappa shape index (κ3) is 7.55. The standard InChI is InChI=1S/C16H15F9O3S.C12H10S/c17-13(18,15(21,22)23)14(19,20)16(24,25)29(26,27)28-12-8-6-11(7-9-12)10-4-2-1-3-5-10;1-3-7-11(8-4-1)13-12-9-5-2-6-10-12/h6-10H,1-5H2;1-10H. The SMILES string of the molecule is O=S(=O)(Oc1ccc(C2CCCCC2)cc1)C(F)(F)C(F)(F)C(F)(F)C(F)(F)F.c1ccc(Sc2ccccc2)cc1. The van der Waals surface area contributed by atoms with Crippen molar-refractivity contribution in [1.29, 1.82) is 0 Å².